The third kappa shape index (κ3) is 2.07. The summed E-state index contributed by atoms with van der Waals surface area (Å²) in [6.45, 7) is 2.07. The Hall–Kier alpha value is -1.03. The molecule has 0 radical (unpaired) electrons. The van der Waals surface area contributed by atoms with E-state index in [0.29, 0.717) is 18.8 Å². The first kappa shape index (κ1) is 11.5. The van der Waals surface area contributed by atoms with Crippen molar-refractivity contribution < 1.29 is 9.90 Å². The molecule has 2 rings (SSSR count). The average molecular weight is 284 g/mol. The van der Waals surface area contributed by atoms with Crippen molar-refractivity contribution in [3.05, 3.63) is 28.7 Å². The summed E-state index contributed by atoms with van der Waals surface area (Å²) in [6, 6.07) is 7.60. The number of carboxylic acids is 1. The minimum absolute atomic E-state index is 0.482. The second-order valence-electron chi connectivity index (χ2n) is 4.54. The quantitative estimate of drug-likeness (QED) is 0.896. The van der Waals surface area contributed by atoms with Crippen molar-refractivity contribution in [1.82, 2.24) is 0 Å². The van der Waals surface area contributed by atoms with Gasteiger partial charge in [0.15, 0.2) is 0 Å². The lowest BCUT2D eigenvalue weighted by Crippen LogP contribution is -2.55. The van der Waals surface area contributed by atoms with Gasteiger partial charge in [-0.25, -0.2) is 4.79 Å². The predicted octanol–water partition coefficient (Wildman–Crippen LogP) is 3.11. The van der Waals surface area contributed by atoms with Crippen LogP contribution in [0.25, 0.3) is 0 Å². The van der Waals surface area contributed by atoms with Gasteiger partial charge >= 0.3 is 5.97 Å². The Balaban J connectivity index is 2.16. The Morgan fingerprint density at radius 1 is 1.56 bits per heavy atom. The van der Waals surface area contributed by atoms with Crippen LogP contribution in [0.4, 0.5) is 5.69 Å². The fraction of sp³-hybridized carbons (Fsp3) is 0.417. The molecule has 0 aliphatic heterocycles. The van der Waals surface area contributed by atoms with Crippen LogP contribution in [0.5, 0.6) is 0 Å². The number of aliphatic carboxylic acids is 1. The van der Waals surface area contributed by atoms with E-state index >= 15 is 0 Å². The summed E-state index contributed by atoms with van der Waals surface area (Å²) < 4.78 is 0.949. The molecule has 1 fully saturated rings. The maximum atomic E-state index is 11.3. The zero-order chi connectivity index (χ0) is 11.8. The van der Waals surface area contributed by atoms with Crippen molar-refractivity contribution in [2.45, 2.75) is 25.3 Å². The number of carboxylic acid groups (broad SMARTS) is 1. The van der Waals surface area contributed by atoms with Gasteiger partial charge in [0.25, 0.3) is 0 Å². The van der Waals surface area contributed by atoms with Gasteiger partial charge in [-0.15, -0.1) is 0 Å². The molecule has 0 amide bonds. The van der Waals surface area contributed by atoms with Crippen LogP contribution in [0, 0.1) is 5.92 Å². The molecule has 0 atom stereocenters. The van der Waals surface area contributed by atoms with Gasteiger partial charge < -0.3 is 10.4 Å². The molecule has 0 spiro atoms. The molecular formula is C12H14BrNO2. The lowest BCUT2D eigenvalue weighted by Gasteiger charge is -2.44. The number of nitrogens with one attached hydrogen (secondary N) is 1. The van der Waals surface area contributed by atoms with Crippen LogP contribution in [-0.4, -0.2) is 16.6 Å². The van der Waals surface area contributed by atoms with E-state index in [9.17, 15) is 9.90 Å². The summed E-state index contributed by atoms with van der Waals surface area (Å²) in [5.41, 5.74) is 0.0869. The standard InChI is InChI=1S/C12H14BrNO2/c1-8-6-12(7-8,11(15)16)14-10-4-2-3-9(13)5-10/h2-5,8,14H,6-7H2,1H3,(H,15,16). The van der Waals surface area contributed by atoms with Crippen molar-refractivity contribution in [2.24, 2.45) is 5.92 Å². The van der Waals surface area contributed by atoms with E-state index in [0.717, 1.165) is 10.2 Å². The summed E-state index contributed by atoms with van der Waals surface area (Å²) in [6.07, 6.45) is 1.38. The van der Waals surface area contributed by atoms with Crippen molar-refractivity contribution in [3.63, 3.8) is 0 Å². The van der Waals surface area contributed by atoms with Crippen molar-refractivity contribution in [2.75, 3.05) is 5.32 Å². The summed E-state index contributed by atoms with van der Waals surface area (Å²) in [4.78, 5) is 11.3. The van der Waals surface area contributed by atoms with Crippen LogP contribution < -0.4 is 5.32 Å². The van der Waals surface area contributed by atoms with Crippen molar-refractivity contribution >= 4 is 27.6 Å². The Kier molecular flexibility index (Phi) is 2.93. The molecular weight excluding hydrogens is 270 g/mol. The number of hydrogen-bond donors (Lipinski definition) is 2. The second kappa shape index (κ2) is 4.09. The maximum Gasteiger partial charge on any atom is 0.329 e. The van der Waals surface area contributed by atoms with Crippen LogP contribution in [-0.2, 0) is 4.79 Å². The highest BCUT2D eigenvalue weighted by Gasteiger charge is 2.48. The Bertz CT molecular complexity index is 413. The van der Waals surface area contributed by atoms with E-state index in [1.165, 1.54) is 0 Å². The number of anilines is 1. The monoisotopic (exact) mass is 283 g/mol. The lowest BCUT2D eigenvalue weighted by atomic mass is 9.69. The molecule has 1 saturated carbocycles. The van der Waals surface area contributed by atoms with Gasteiger partial charge in [0.2, 0.25) is 0 Å². The van der Waals surface area contributed by atoms with Crippen LogP contribution in [0.2, 0.25) is 0 Å². The normalized spacial score (nSPS) is 28.2. The van der Waals surface area contributed by atoms with Gasteiger partial charge in [-0.05, 0) is 37.0 Å². The smallest absolute Gasteiger partial charge is 0.329 e. The molecule has 1 aromatic carbocycles. The van der Waals surface area contributed by atoms with Crippen molar-refractivity contribution in [3.8, 4) is 0 Å². The topological polar surface area (TPSA) is 49.3 Å². The SMILES string of the molecule is CC1CC(Nc2cccc(Br)c2)(C(=O)O)C1. The second-order valence-corrected chi connectivity index (χ2v) is 5.45. The van der Waals surface area contributed by atoms with Crippen LogP contribution in [0.15, 0.2) is 28.7 Å². The minimum Gasteiger partial charge on any atom is -0.480 e. The van der Waals surface area contributed by atoms with Gasteiger partial charge in [0, 0.05) is 10.2 Å². The fourth-order valence-electron chi connectivity index (χ4n) is 2.30. The highest BCUT2D eigenvalue weighted by atomic mass is 79.9. The molecule has 1 aromatic rings. The molecule has 16 heavy (non-hydrogen) atoms. The zero-order valence-corrected chi connectivity index (χ0v) is 10.6. The summed E-state index contributed by atoms with van der Waals surface area (Å²) in [7, 11) is 0. The van der Waals surface area contributed by atoms with Gasteiger partial charge in [0.1, 0.15) is 5.54 Å². The first-order chi connectivity index (χ1) is 7.52. The van der Waals surface area contributed by atoms with E-state index < -0.39 is 11.5 Å². The summed E-state index contributed by atoms with van der Waals surface area (Å²) in [5, 5.41) is 12.4. The Labute approximate surface area is 103 Å². The molecule has 0 heterocycles. The number of hydrogen-bond acceptors (Lipinski definition) is 2. The third-order valence-corrected chi connectivity index (χ3v) is 3.50. The minimum atomic E-state index is -0.764. The van der Waals surface area contributed by atoms with Crippen LogP contribution in [0.1, 0.15) is 19.8 Å². The fourth-order valence-corrected chi connectivity index (χ4v) is 2.70. The molecule has 1 aliphatic rings. The van der Waals surface area contributed by atoms with E-state index in [-0.39, 0.29) is 0 Å². The van der Waals surface area contributed by atoms with E-state index in [1.807, 2.05) is 24.3 Å². The zero-order valence-electron chi connectivity index (χ0n) is 9.03. The maximum absolute atomic E-state index is 11.3. The van der Waals surface area contributed by atoms with E-state index in [2.05, 4.69) is 28.2 Å². The highest BCUT2D eigenvalue weighted by molar-refractivity contribution is 9.10. The van der Waals surface area contributed by atoms with Crippen molar-refractivity contribution in [1.29, 1.82) is 0 Å². The van der Waals surface area contributed by atoms with Gasteiger partial charge in [-0.1, -0.05) is 28.9 Å². The number of benzene rings is 1. The molecule has 1 aliphatic carbocycles. The molecule has 0 saturated heterocycles. The average Bonchev–Trinajstić information content (AvgIpc) is 2.14. The first-order valence-electron chi connectivity index (χ1n) is 5.29. The number of rotatable bonds is 3. The van der Waals surface area contributed by atoms with Gasteiger partial charge in [0.05, 0.1) is 0 Å². The van der Waals surface area contributed by atoms with Crippen LogP contribution >= 0.6 is 15.9 Å². The number of halogens is 1. The van der Waals surface area contributed by atoms with E-state index in [4.69, 9.17) is 0 Å². The molecule has 86 valence electrons. The van der Waals surface area contributed by atoms with Crippen LogP contribution in [0.3, 0.4) is 0 Å². The molecule has 4 heteroatoms. The molecule has 3 nitrogen and oxygen atoms in total. The van der Waals surface area contributed by atoms with Gasteiger partial charge in [-0.2, -0.15) is 0 Å². The molecule has 0 unspecified atom stereocenters. The molecule has 2 N–H and O–H groups in total. The van der Waals surface area contributed by atoms with E-state index in [1.54, 1.807) is 0 Å². The largest absolute Gasteiger partial charge is 0.480 e. The third-order valence-electron chi connectivity index (χ3n) is 3.01. The molecule has 0 bridgehead atoms. The Morgan fingerprint density at radius 3 is 2.75 bits per heavy atom. The highest BCUT2D eigenvalue weighted by Crippen LogP contribution is 2.40. The molecule has 0 aromatic heterocycles. The van der Waals surface area contributed by atoms with Gasteiger partial charge in [-0.3, -0.25) is 0 Å². The lowest BCUT2D eigenvalue weighted by molar-refractivity contribution is -0.147. The summed E-state index contributed by atoms with van der Waals surface area (Å²) in [5.74, 6) is -0.277. The predicted molar refractivity (Wildman–Crippen MR) is 66.5 cm³/mol. The number of carbonyl (C=O) groups is 1. The summed E-state index contributed by atoms with van der Waals surface area (Å²) >= 11 is 3.37. The first-order valence-corrected chi connectivity index (χ1v) is 6.08. The Morgan fingerprint density at radius 2 is 2.25 bits per heavy atom.